The topological polar surface area (TPSA) is 89.3 Å². The summed E-state index contributed by atoms with van der Waals surface area (Å²) in [7, 11) is -3.70. The second kappa shape index (κ2) is 5.72. The third-order valence-corrected chi connectivity index (χ3v) is 6.68. The van der Waals surface area contributed by atoms with Gasteiger partial charge in [0.1, 0.15) is 0 Å². The summed E-state index contributed by atoms with van der Waals surface area (Å²) in [6, 6.07) is 5.76. The Morgan fingerprint density at radius 2 is 2.05 bits per heavy atom. The molecule has 0 bridgehead atoms. The van der Waals surface area contributed by atoms with Gasteiger partial charge in [0.2, 0.25) is 5.91 Å². The van der Waals surface area contributed by atoms with E-state index in [-0.39, 0.29) is 20.5 Å². The number of nitrogens with two attached hydrogens (primary N) is 1. The molecule has 9 heteroatoms. The van der Waals surface area contributed by atoms with Crippen LogP contribution in [0, 0.1) is 0 Å². The van der Waals surface area contributed by atoms with E-state index in [4.69, 9.17) is 17.3 Å². The van der Waals surface area contributed by atoms with E-state index in [0.717, 1.165) is 11.3 Å². The number of primary amides is 1. The molecule has 0 saturated carbocycles. The number of halogens is 2. The second-order valence-electron chi connectivity index (χ2n) is 3.72. The molecule has 20 heavy (non-hydrogen) atoms. The van der Waals surface area contributed by atoms with Gasteiger partial charge in [0.05, 0.1) is 16.3 Å². The Morgan fingerprint density at radius 1 is 1.35 bits per heavy atom. The molecule has 1 aromatic carbocycles. The molecule has 0 spiro atoms. The van der Waals surface area contributed by atoms with Crippen LogP contribution in [0.3, 0.4) is 0 Å². The lowest BCUT2D eigenvalue weighted by Gasteiger charge is -2.08. The summed E-state index contributed by atoms with van der Waals surface area (Å²) in [6.07, 6.45) is 0. The summed E-state index contributed by atoms with van der Waals surface area (Å²) in [5.41, 5.74) is 5.50. The zero-order valence-corrected chi connectivity index (χ0v) is 13.7. The van der Waals surface area contributed by atoms with E-state index in [9.17, 15) is 13.2 Å². The van der Waals surface area contributed by atoms with E-state index in [1.165, 1.54) is 18.2 Å². The van der Waals surface area contributed by atoms with Crippen molar-refractivity contribution < 1.29 is 13.2 Å². The number of thiophene rings is 1. The quantitative estimate of drug-likeness (QED) is 0.833. The molecule has 1 aromatic heterocycles. The number of hydrogen-bond donors (Lipinski definition) is 2. The summed E-state index contributed by atoms with van der Waals surface area (Å²) in [4.78, 5) is 11.0. The third-order valence-electron chi connectivity index (χ3n) is 2.32. The predicted octanol–water partition coefficient (Wildman–Crippen LogP) is 3.06. The van der Waals surface area contributed by atoms with Gasteiger partial charge < -0.3 is 5.73 Å². The molecular formula is C11H8BrClN2O3S2. The Balaban J connectivity index is 2.33. The Morgan fingerprint density at radius 3 is 2.55 bits per heavy atom. The highest BCUT2D eigenvalue weighted by Crippen LogP contribution is 2.30. The highest BCUT2D eigenvalue weighted by Gasteiger charge is 2.19. The number of amides is 1. The van der Waals surface area contributed by atoms with Crippen LogP contribution in [0.2, 0.25) is 5.02 Å². The van der Waals surface area contributed by atoms with Crippen molar-refractivity contribution >= 4 is 60.5 Å². The van der Waals surface area contributed by atoms with Crippen molar-refractivity contribution in [3.63, 3.8) is 0 Å². The van der Waals surface area contributed by atoms with Gasteiger partial charge in [-0.25, -0.2) is 8.42 Å². The van der Waals surface area contributed by atoms with Gasteiger partial charge in [0.25, 0.3) is 10.0 Å². The first-order valence-corrected chi connectivity index (χ1v) is 8.70. The molecule has 0 aliphatic carbocycles. The van der Waals surface area contributed by atoms with Crippen molar-refractivity contribution in [1.29, 1.82) is 0 Å². The molecule has 2 aromatic rings. The first-order valence-electron chi connectivity index (χ1n) is 5.16. The van der Waals surface area contributed by atoms with Crippen molar-refractivity contribution in [3.8, 4) is 0 Å². The van der Waals surface area contributed by atoms with Crippen LogP contribution < -0.4 is 10.5 Å². The van der Waals surface area contributed by atoms with E-state index in [1.807, 2.05) is 0 Å². The highest BCUT2D eigenvalue weighted by molar-refractivity contribution is 9.10. The van der Waals surface area contributed by atoms with Crippen LogP contribution in [0.4, 0.5) is 5.69 Å². The predicted molar refractivity (Wildman–Crippen MR) is 82.8 cm³/mol. The largest absolute Gasteiger partial charge is 0.366 e. The number of hydrogen-bond acceptors (Lipinski definition) is 4. The summed E-state index contributed by atoms with van der Waals surface area (Å²) in [5, 5.41) is 1.74. The monoisotopic (exact) mass is 394 g/mol. The molecular weight excluding hydrogens is 388 g/mol. The molecule has 0 radical (unpaired) electrons. The lowest BCUT2D eigenvalue weighted by molar-refractivity contribution is 0.100. The standard InChI is InChI=1S/C11H8BrClN2O3S2/c12-8-3-4-19-11(8)20(17,18)15-6-1-2-7(10(14)16)9(13)5-6/h1-5,15H,(H2,14,16). The van der Waals surface area contributed by atoms with E-state index in [0.29, 0.717) is 4.47 Å². The van der Waals surface area contributed by atoms with Gasteiger partial charge in [0, 0.05) is 4.47 Å². The number of carbonyl (C=O) groups is 1. The average Bonchev–Trinajstić information content (AvgIpc) is 2.75. The maximum absolute atomic E-state index is 12.1. The van der Waals surface area contributed by atoms with Crippen LogP contribution in [0.5, 0.6) is 0 Å². The molecule has 1 heterocycles. The van der Waals surface area contributed by atoms with Gasteiger partial charge in [-0.3, -0.25) is 9.52 Å². The van der Waals surface area contributed by atoms with Crippen LogP contribution in [0.15, 0.2) is 38.3 Å². The maximum atomic E-state index is 12.1. The minimum absolute atomic E-state index is 0.0861. The zero-order valence-electron chi connectivity index (χ0n) is 9.76. The summed E-state index contributed by atoms with van der Waals surface area (Å²) in [5.74, 6) is -0.676. The lowest BCUT2D eigenvalue weighted by Crippen LogP contribution is -2.14. The van der Waals surface area contributed by atoms with E-state index < -0.39 is 15.9 Å². The Bertz CT molecular complexity index is 774. The molecule has 106 valence electrons. The molecule has 5 nitrogen and oxygen atoms in total. The molecule has 0 saturated heterocycles. The fourth-order valence-electron chi connectivity index (χ4n) is 1.45. The second-order valence-corrected chi connectivity index (χ2v) is 7.78. The van der Waals surface area contributed by atoms with Crippen molar-refractivity contribution in [2.75, 3.05) is 4.72 Å². The molecule has 0 aliphatic heterocycles. The van der Waals surface area contributed by atoms with Gasteiger partial charge in [-0.1, -0.05) is 11.6 Å². The Kier molecular flexibility index (Phi) is 4.38. The van der Waals surface area contributed by atoms with Crippen LogP contribution in [-0.2, 0) is 10.0 Å². The summed E-state index contributed by atoms with van der Waals surface area (Å²) < 4.78 is 27.3. The summed E-state index contributed by atoms with van der Waals surface area (Å²) >= 11 is 10.1. The number of benzene rings is 1. The molecule has 0 aliphatic rings. The first kappa shape index (κ1) is 15.3. The maximum Gasteiger partial charge on any atom is 0.272 e. The van der Waals surface area contributed by atoms with Crippen molar-refractivity contribution in [3.05, 3.63) is 44.7 Å². The molecule has 1 amide bonds. The normalized spacial score (nSPS) is 11.3. The molecule has 3 N–H and O–H groups in total. The van der Waals surface area contributed by atoms with E-state index in [2.05, 4.69) is 20.7 Å². The van der Waals surface area contributed by atoms with Gasteiger partial charge in [-0.15, -0.1) is 11.3 Å². The highest BCUT2D eigenvalue weighted by atomic mass is 79.9. The van der Waals surface area contributed by atoms with E-state index in [1.54, 1.807) is 11.4 Å². The van der Waals surface area contributed by atoms with Crippen LogP contribution in [0.25, 0.3) is 0 Å². The number of nitrogens with one attached hydrogen (secondary N) is 1. The molecule has 2 rings (SSSR count). The fraction of sp³-hybridized carbons (Fsp3) is 0. The van der Waals surface area contributed by atoms with Gasteiger partial charge in [-0.05, 0) is 45.6 Å². The van der Waals surface area contributed by atoms with Crippen LogP contribution >= 0.6 is 38.9 Å². The Hall–Kier alpha value is -1.09. The van der Waals surface area contributed by atoms with Crippen LogP contribution in [-0.4, -0.2) is 14.3 Å². The minimum Gasteiger partial charge on any atom is -0.366 e. The van der Waals surface area contributed by atoms with Gasteiger partial charge >= 0.3 is 0 Å². The minimum atomic E-state index is -3.70. The molecule has 0 unspecified atom stereocenters. The molecule has 0 atom stereocenters. The average molecular weight is 396 g/mol. The molecule has 0 fully saturated rings. The van der Waals surface area contributed by atoms with Crippen LogP contribution in [0.1, 0.15) is 10.4 Å². The number of carbonyl (C=O) groups excluding carboxylic acids is 1. The van der Waals surface area contributed by atoms with Crippen molar-refractivity contribution in [2.45, 2.75) is 4.21 Å². The first-order chi connectivity index (χ1) is 9.31. The number of sulfonamides is 1. The Labute approximate surface area is 132 Å². The van der Waals surface area contributed by atoms with Gasteiger partial charge in [-0.2, -0.15) is 0 Å². The SMILES string of the molecule is NC(=O)c1ccc(NS(=O)(=O)c2sccc2Br)cc1Cl. The number of rotatable bonds is 4. The summed E-state index contributed by atoms with van der Waals surface area (Å²) in [6.45, 7) is 0. The van der Waals surface area contributed by atoms with Gasteiger partial charge in [0.15, 0.2) is 4.21 Å². The third kappa shape index (κ3) is 3.14. The zero-order chi connectivity index (χ0) is 14.9. The van der Waals surface area contributed by atoms with E-state index >= 15 is 0 Å². The van der Waals surface area contributed by atoms with Crippen molar-refractivity contribution in [2.24, 2.45) is 5.73 Å². The van der Waals surface area contributed by atoms with Crippen molar-refractivity contribution in [1.82, 2.24) is 0 Å². The number of anilines is 1. The fourth-order valence-corrected chi connectivity index (χ4v) is 5.11. The lowest BCUT2D eigenvalue weighted by atomic mass is 10.2. The smallest absolute Gasteiger partial charge is 0.272 e.